The highest BCUT2D eigenvalue weighted by Gasteiger charge is 2.26. The van der Waals surface area contributed by atoms with Crippen molar-refractivity contribution in [2.75, 3.05) is 6.61 Å². The molecule has 0 saturated carbocycles. The van der Waals surface area contributed by atoms with E-state index in [1.54, 1.807) is 49.6 Å². The Morgan fingerprint density at radius 2 is 1.62 bits per heavy atom. The number of ether oxygens (including phenoxy) is 2. The molecule has 0 fully saturated rings. The van der Waals surface area contributed by atoms with E-state index in [0.29, 0.717) is 50.7 Å². The van der Waals surface area contributed by atoms with Crippen molar-refractivity contribution < 1.29 is 31.8 Å². The SMILES string of the molecule is CCOC(=O)c1[nH]c2cc(Cl)ccc2c1-c1c(-c2ccc(F)cc2)ncn1Cc1ccc(OCc2cc(F)c(F)c(F)c2)cc1. The quantitative estimate of drug-likeness (QED) is 0.0982. The van der Waals surface area contributed by atoms with E-state index in [9.17, 15) is 22.4 Å². The summed E-state index contributed by atoms with van der Waals surface area (Å²) in [5.41, 5.74) is 4.14. The Hall–Kier alpha value is -5.09. The second-order valence-corrected chi connectivity index (χ2v) is 10.6. The number of benzene rings is 4. The Labute approximate surface area is 259 Å². The number of carbonyl (C=O) groups is 1. The van der Waals surface area contributed by atoms with Crippen LogP contribution in [0.15, 0.2) is 85.2 Å². The van der Waals surface area contributed by atoms with E-state index >= 15 is 0 Å². The monoisotopic (exact) mass is 633 g/mol. The number of aromatic nitrogens is 3. The van der Waals surface area contributed by atoms with Crippen LogP contribution in [-0.4, -0.2) is 27.1 Å². The van der Waals surface area contributed by atoms with Crippen LogP contribution in [0.25, 0.3) is 33.4 Å². The summed E-state index contributed by atoms with van der Waals surface area (Å²) in [4.78, 5) is 21.0. The third kappa shape index (κ3) is 6.14. The van der Waals surface area contributed by atoms with Gasteiger partial charge in [-0.3, -0.25) is 0 Å². The molecule has 0 radical (unpaired) electrons. The molecule has 0 spiro atoms. The van der Waals surface area contributed by atoms with Gasteiger partial charge in [-0.1, -0.05) is 29.8 Å². The number of carbonyl (C=O) groups excluding carboxylic acids is 1. The minimum absolute atomic E-state index is 0.143. The van der Waals surface area contributed by atoms with Crippen molar-refractivity contribution in [1.82, 2.24) is 14.5 Å². The maximum absolute atomic E-state index is 13.8. The van der Waals surface area contributed by atoms with Gasteiger partial charge in [-0.15, -0.1) is 0 Å². The first-order valence-corrected chi connectivity index (χ1v) is 14.2. The zero-order valence-electron chi connectivity index (χ0n) is 23.7. The number of H-pyrrole nitrogens is 1. The summed E-state index contributed by atoms with van der Waals surface area (Å²) >= 11 is 6.27. The predicted octanol–water partition coefficient (Wildman–Crippen LogP) is 8.71. The van der Waals surface area contributed by atoms with Gasteiger partial charge in [0.1, 0.15) is 23.9 Å². The fourth-order valence-corrected chi connectivity index (χ4v) is 5.27. The Balaban J connectivity index is 1.38. The van der Waals surface area contributed by atoms with Crippen LogP contribution in [0, 0.1) is 23.3 Å². The lowest BCUT2D eigenvalue weighted by atomic mass is 10.0. The molecule has 2 aromatic heterocycles. The molecule has 0 atom stereocenters. The van der Waals surface area contributed by atoms with E-state index in [2.05, 4.69) is 9.97 Å². The van der Waals surface area contributed by atoms with Crippen LogP contribution in [0.4, 0.5) is 17.6 Å². The topological polar surface area (TPSA) is 69.1 Å². The first-order valence-electron chi connectivity index (χ1n) is 13.9. The largest absolute Gasteiger partial charge is 0.489 e. The van der Waals surface area contributed by atoms with Gasteiger partial charge in [-0.05, 0) is 78.7 Å². The van der Waals surface area contributed by atoms with Crippen LogP contribution in [0.1, 0.15) is 28.5 Å². The summed E-state index contributed by atoms with van der Waals surface area (Å²) in [5, 5.41) is 1.19. The molecule has 45 heavy (non-hydrogen) atoms. The third-order valence-electron chi connectivity index (χ3n) is 7.16. The Morgan fingerprint density at radius 1 is 0.911 bits per heavy atom. The summed E-state index contributed by atoms with van der Waals surface area (Å²) in [7, 11) is 0. The van der Waals surface area contributed by atoms with Gasteiger partial charge in [0, 0.05) is 33.6 Å². The molecule has 0 aliphatic carbocycles. The number of fused-ring (bicyclic) bond motifs is 1. The minimum Gasteiger partial charge on any atom is -0.489 e. The van der Waals surface area contributed by atoms with Crippen molar-refractivity contribution in [1.29, 1.82) is 0 Å². The fourth-order valence-electron chi connectivity index (χ4n) is 5.10. The van der Waals surface area contributed by atoms with Crippen LogP contribution in [0.2, 0.25) is 5.02 Å². The van der Waals surface area contributed by atoms with Gasteiger partial charge in [0.15, 0.2) is 17.5 Å². The second-order valence-electron chi connectivity index (χ2n) is 10.2. The Kier molecular flexibility index (Phi) is 8.32. The van der Waals surface area contributed by atoms with E-state index < -0.39 is 29.2 Å². The smallest absolute Gasteiger partial charge is 0.355 e. The number of halogens is 5. The van der Waals surface area contributed by atoms with Crippen LogP contribution in [0.3, 0.4) is 0 Å². The van der Waals surface area contributed by atoms with Gasteiger partial charge < -0.3 is 19.0 Å². The molecule has 0 aliphatic rings. The third-order valence-corrected chi connectivity index (χ3v) is 7.39. The molecular formula is C34H24ClF4N3O3. The fraction of sp³-hybridized carbons (Fsp3) is 0.118. The van der Waals surface area contributed by atoms with Crippen molar-refractivity contribution in [3.05, 3.63) is 130 Å². The van der Waals surface area contributed by atoms with E-state index in [1.807, 2.05) is 22.8 Å². The summed E-state index contributed by atoms with van der Waals surface area (Å²) in [6.07, 6.45) is 1.64. The van der Waals surface area contributed by atoms with Gasteiger partial charge in [0.05, 0.1) is 24.3 Å². The van der Waals surface area contributed by atoms with E-state index in [-0.39, 0.29) is 24.5 Å². The molecule has 0 bridgehead atoms. The molecule has 1 N–H and O–H groups in total. The maximum atomic E-state index is 13.8. The lowest BCUT2D eigenvalue weighted by molar-refractivity contribution is 0.0521. The van der Waals surface area contributed by atoms with Crippen LogP contribution < -0.4 is 4.74 Å². The van der Waals surface area contributed by atoms with E-state index in [0.717, 1.165) is 17.7 Å². The summed E-state index contributed by atoms with van der Waals surface area (Å²) in [5.74, 6) is -4.63. The standard InChI is InChI=1S/C34H24ClF4N3O3/c1-2-44-34(43)32-29(25-12-7-22(35)15-28(25)41-32)33-31(21-5-8-23(36)9-6-21)40-18-42(33)16-19-3-10-24(11-4-19)45-17-20-13-26(37)30(39)27(38)14-20/h3-15,18,41H,2,16-17H2,1H3. The zero-order chi connectivity index (χ0) is 31.7. The average molecular weight is 634 g/mol. The van der Waals surface area contributed by atoms with Crippen molar-refractivity contribution in [2.45, 2.75) is 20.1 Å². The molecule has 2 heterocycles. The molecule has 11 heteroatoms. The van der Waals surface area contributed by atoms with E-state index in [1.165, 1.54) is 12.1 Å². The number of esters is 1. The number of imidazole rings is 1. The van der Waals surface area contributed by atoms with Crippen molar-refractivity contribution in [3.8, 4) is 28.3 Å². The first kappa shape index (κ1) is 30.0. The molecule has 6 aromatic rings. The number of aromatic amines is 1. The molecule has 0 aliphatic heterocycles. The number of hydrogen-bond donors (Lipinski definition) is 1. The average Bonchev–Trinajstić information content (AvgIpc) is 3.60. The lowest BCUT2D eigenvalue weighted by Crippen LogP contribution is -2.09. The highest BCUT2D eigenvalue weighted by molar-refractivity contribution is 6.31. The molecule has 0 amide bonds. The molecule has 6 rings (SSSR count). The Morgan fingerprint density at radius 3 is 2.31 bits per heavy atom. The van der Waals surface area contributed by atoms with Gasteiger partial charge in [0.2, 0.25) is 0 Å². The maximum Gasteiger partial charge on any atom is 0.355 e. The van der Waals surface area contributed by atoms with Gasteiger partial charge in [-0.2, -0.15) is 0 Å². The highest BCUT2D eigenvalue weighted by Crippen LogP contribution is 2.40. The van der Waals surface area contributed by atoms with Gasteiger partial charge >= 0.3 is 5.97 Å². The summed E-state index contributed by atoms with van der Waals surface area (Å²) < 4.78 is 67.2. The normalized spacial score (nSPS) is 11.2. The van der Waals surface area contributed by atoms with Gasteiger partial charge in [0.25, 0.3) is 0 Å². The molecular weight excluding hydrogens is 610 g/mol. The summed E-state index contributed by atoms with van der Waals surface area (Å²) in [6, 6.07) is 19.9. The van der Waals surface area contributed by atoms with E-state index in [4.69, 9.17) is 21.1 Å². The van der Waals surface area contributed by atoms with Gasteiger partial charge in [-0.25, -0.2) is 27.3 Å². The lowest BCUT2D eigenvalue weighted by Gasteiger charge is -2.13. The number of rotatable bonds is 9. The molecule has 0 saturated heterocycles. The highest BCUT2D eigenvalue weighted by atomic mass is 35.5. The molecule has 4 aromatic carbocycles. The van der Waals surface area contributed by atoms with Crippen LogP contribution >= 0.6 is 11.6 Å². The van der Waals surface area contributed by atoms with Crippen LogP contribution in [0.5, 0.6) is 5.75 Å². The molecule has 228 valence electrons. The number of nitrogens with one attached hydrogen (secondary N) is 1. The Bertz CT molecular complexity index is 2000. The zero-order valence-corrected chi connectivity index (χ0v) is 24.5. The second kappa shape index (κ2) is 12.5. The predicted molar refractivity (Wildman–Crippen MR) is 162 cm³/mol. The number of nitrogens with zero attached hydrogens (tertiary/aromatic N) is 2. The number of hydrogen-bond acceptors (Lipinski definition) is 4. The molecule has 0 unspecified atom stereocenters. The van der Waals surface area contributed by atoms with Crippen molar-refractivity contribution >= 4 is 28.5 Å². The summed E-state index contributed by atoms with van der Waals surface area (Å²) in [6.45, 7) is 2.04. The first-order chi connectivity index (χ1) is 21.7. The van der Waals surface area contributed by atoms with Crippen molar-refractivity contribution in [2.24, 2.45) is 0 Å². The molecule has 6 nitrogen and oxygen atoms in total. The minimum atomic E-state index is -1.53. The van der Waals surface area contributed by atoms with Crippen molar-refractivity contribution in [3.63, 3.8) is 0 Å². The van der Waals surface area contributed by atoms with Crippen LogP contribution in [-0.2, 0) is 17.9 Å².